The third-order valence-corrected chi connectivity index (χ3v) is 7.91. The summed E-state index contributed by atoms with van der Waals surface area (Å²) < 4.78 is 48.1. The van der Waals surface area contributed by atoms with Crippen LogP contribution in [0.15, 0.2) is 36.4 Å². The van der Waals surface area contributed by atoms with Crippen molar-refractivity contribution >= 4 is 38.9 Å². The number of carbonyl (C=O) groups is 1. The van der Waals surface area contributed by atoms with Crippen molar-refractivity contribution in [3.8, 4) is 17.6 Å². The van der Waals surface area contributed by atoms with Crippen LogP contribution in [0.1, 0.15) is 28.9 Å². The second-order valence-corrected chi connectivity index (χ2v) is 11.1. The third-order valence-electron chi connectivity index (χ3n) is 7.91. The Morgan fingerprint density at radius 3 is 2.76 bits per heavy atom. The zero-order valence-corrected chi connectivity index (χ0v) is 25.0. The number of halogens is 3. The van der Waals surface area contributed by atoms with Crippen molar-refractivity contribution in [1.82, 2.24) is 19.8 Å². The Kier molecular flexibility index (Phi) is 9.18. The molecule has 1 aliphatic carbocycles. The first-order chi connectivity index (χ1) is 20.2. The fourth-order valence-corrected chi connectivity index (χ4v) is 5.49. The van der Waals surface area contributed by atoms with Crippen LogP contribution in [0.2, 0.25) is 0 Å². The zero-order chi connectivity index (χ0) is 29.9. The van der Waals surface area contributed by atoms with Crippen molar-refractivity contribution in [2.45, 2.75) is 29.7 Å². The number of alkyl halides is 2. The quantitative estimate of drug-likeness (QED) is 0.268. The van der Waals surface area contributed by atoms with Gasteiger partial charge >= 0.3 is 30.1 Å². The van der Waals surface area contributed by atoms with Gasteiger partial charge in [-0.3, -0.25) is 9.69 Å². The standard InChI is InChI=1S/C28H31FN6O3.CHF2Se/c1-30-27(36)18-8-9-21(24(13-18)37-2)31-11-4-5-22-26(29)23-6-3-7-25(35(23)33-22)32-28-10-12-34(15-19(28)14-28)20-16-38-17-20;2-1(3)4/h3,6-9,13,19-20,31-32H,10-12,14-17H2,1-2H3,(H,30,36);1H. The van der Waals surface area contributed by atoms with Crippen LogP contribution in [0.5, 0.6) is 5.75 Å². The van der Waals surface area contributed by atoms with E-state index in [1.54, 1.807) is 51.8 Å². The average Bonchev–Trinajstić information content (AvgIpc) is 3.56. The number of piperidine rings is 1. The molecule has 2 unspecified atom stereocenters. The summed E-state index contributed by atoms with van der Waals surface area (Å²) in [7, 11) is 3.11. The number of amides is 1. The van der Waals surface area contributed by atoms with E-state index in [0.717, 1.165) is 45.0 Å². The van der Waals surface area contributed by atoms with Crippen molar-refractivity contribution in [2.24, 2.45) is 5.92 Å². The Balaban J connectivity index is 0.000000830. The molecule has 1 amide bonds. The number of anilines is 2. The van der Waals surface area contributed by atoms with Gasteiger partial charge in [-0.2, -0.15) is 5.10 Å². The molecule has 3 aromatic rings. The average molecular weight is 649 g/mol. The second kappa shape index (κ2) is 12.8. The monoisotopic (exact) mass is 649 g/mol. The molecule has 223 valence electrons. The van der Waals surface area contributed by atoms with Crippen LogP contribution >= 0.6 is 0 Å². The van der Waals surface area contributed by atoms with E-state index >= 15 is 4.39 Å². The van der Waals surface area contributed by atoms with Gasteiger partial charge in [-0.25, -0.2) is 8.91 Å². The molecule has 1 saturated carbocycles. The Morgan fingerprint density at radius 1 is 1.31 bits per heavy atom. The summed E-state index contributed by atoms with van der Waals surface area (Å²) in [6.07, 6.45) is 2.17. The number of fused-ring (bicyclic) bond motifs is 2. The van der Waals surface area contributed by atoms with Gasteiger partial charge in [-0.05, 0) is 55.0 Å². The van der Waals surface area contributed by atoms with Crippen molar-refractivity contribution < 1.29 is 27.4 Å². The Morgan fingerprint density at radius 2 is 2.10 bits per heavy atom. The SMILES string of the molecule is CNC(=O)c1ccc(NCC#Cc2nn3c(NC45CCN(C6COC6)CC4C5)cccc3c2F)c(OC)c1.FC(F)[Se]. The molecule has 3 fully saturated rings. The normalized spacial score (nSPS) is 21.3. The van der Waals surface area contributed by atoms with E-state index in [2.05, 4.69) is 37.8 Å². The maximum absolute atomic E-state index is 15.2. The summed E-state index contributed by atoms with van der Waals surface area (Å²) in [4.78, 5) is 14.4. The molecule has 2 aliphatic heterocycles. The molecule has 3 aliphatic rings. The molecule has 0 bridgehead atoms. The molecular formula is C29H32F3N6O3Se. The predicted octanol–water partition coefficient (Wildman–Crippen LogP) is 2.96. The fourth-order valence-electron chi connectivity index (χ4n) is 5.49. The van der Waals surface area contributed by atoms with Crippen LogP contribution in [-0.4, -0.2) is 100 Å². The molecule has 6 rings (SSSR count). The summed E-state index contributed by atoms with van der Waals surface area (Å²) in [6, 6.07) is 11.2. The first kappa shape index (κ1) is 30.0. The van der Waals surface area contributed by atoms with Crippen molar-refractivity contribution in [3.05, 3.63) is 53.5 Å². The molecule has 13 heteroatoms. The third kappa shape index (κ3) is 6.47. The topological polar surface area (TPSA) is 92.2 Å². The van der Waals surface area contributed by atoms with E-state index < -0.39 is 11.1 Å². The number of hydrogen-bond acceptors (Lipinski definition) is 7. The first-order valence-corrected chi connectivity index (χ1v) is 14.6. The summed E-state index contributed by atoms with van der Waals surface area (Å²) in [6.45, 7) is 4.06. The Bertz CT molecular complexity index is 1500. The summed E-state index contributed by atoms with van der Waals surface area (Å²) in [5.74, 6) is 7.07. The van der Waals surface area contributed by atoms with Gasteiger partial charge in [-0.1, -0.05) is 12.0 Å². The number of carbonyl (C=O) groups excluding carboxylic acids is 1. The van der Waals surface area contributed by atoms with Gasteiger partial charge in [0.1, 0.15) is 17.1 Å². The number of benzene rings is 1. The number of nitrogens with zero attached hydrogens (tertiary/aromatic N) is 3. The number of pyridine rings is 1. The van der Waals surface area contributed by atoms with E-state index in [1.165, 1.54) is 7.11 Å². The maximum atomic E-state index is 15.2. The fraction of sp³-hybridized carbons (Fsp3) is 0.448. The van der Waals surface area contributed by atoms with E-state index in [-0.39, 0.29) is 23.7 Å². The molecule has 9 nitrogen and oxygen atoms in total. The molecule has 1 radical (unpaired) electrons. The van der Waals surface area contributed by atoms with Crippen molar-refractivity contribution in [3.63, 3.8) is 0 Å². The second-order valence-electron chi connectivity index (χ2n) is 10.4. The van der Waals surface area contributed by atoms with Gasteiger partial charge < -0.3 is 25.4 Å². The predicted molar refractivity (Wildman–Crippen MR) is 154 cm³/mol. The van der Waals surface area contributed by atoms with Crippen LogP contribution < -0.4 is 20.7 Å². The molecule has 0 spiro atoms. The number of rotatable bonds is 7. The molecule has 4 heterocycles. The molecular weight excluding hydrogens is 616 g/mol. The first-order valence-electron chi connectivity index (χ1n) is 13.6. The van der Waals surface area contributed by atoms with Gasteiger partial charge in [-0.15, -0.1) is 0 Å². The summed E-state index contributed by atoms with van der Waals surface area (Å²) in [5, 5.41) is 11.6. The molecule has 3 N–H and O–H groups in total. The van der Waals surface area contributed by atoms with E-state index in [4.69, 9.17) is 9.47 Å². The van der Waals surface area contributed by atoms with E-state index in [0.29, 0.717) is 34.5 Å². The number of aromatic nitrogens is 2. The van der Waals surface area contributed by atoms with Crippen molar-refractivity contribution in [2.75, 3.05) is 57.6 Å². The van der Waals surface area contributed by atoms with Gasteiger partial charge in [0, 0.05) is 31.2 Å². The van der Waals surface area contributed by atoms with Crippen LogP contribution in [0.4, 0.5) is 24.7 Å². The number of ether oxygens (including phenoxy) is 2. The van der Waals surface area contributed by atoms with Crippen molar-refractivity contribution in [1.29, 1.82) is 0 Å². The zero-order valence-electron chi connectivity index (χ0n) is 23.3. The van der Waals surface area contributed by atoms with Gasteiger partial charge in [0.05, 0.1) is 38.6 Å². The Labute approximate surface area is 250 Å². The molecule has 2 aromatic heterocycles. The van der Waals surface area contributed by atoms with Gasteiger partial charge in [0.2, 0.25) is 0 Å². The van der Waals surface area contributed by atoms with Crippen LogP contribution in [0.25, 0.3) is 5.52 Å². The van der Waals surface area contributed by atoms with Crippen LogP contribution in [0.3, 0.4) is 0 Å². The van der Waals surface area contributed by atoms with Crippen LogP contribution in [-0.2, 0) is 4.74 Å². The number of methoxy groups -OCH3 is 1. The molecule has 2 saturated heterocycles. The molecule has 2 atom stereocenters. The van der Waals surface area contributed by atoms with Crippen LogP contribution in [0, 0.1) is 23.6 Å². The number of likely N-dealkylation sites (tertiary alicyclic amines) is 1. The van der Waals surface area contributed by atoms with Gasteiger partial charge in [0.15, 0.2) is 11.5 Å². The summed E-state index contributed by atoms with van der Waals surface area (Å²) in [5.41, 5.74) is 1.74. The number of nitrogens with one attached hydrogen (secondary N) is 3. The minimum atomic E-state index is -2.29. The van der Waals surface area contributed by atoms with Gasteiger partial charge in [0.25, 0.3) is 5.91 Å². The Hall–Kier alpha value is -3.43. The van der Waals surface area contributed by atoms with E-state index in [9.17, 15) is 13.6 Å². The molecule has 42 heavy (non-hydrogen) atoms. The summed E-state index contributed by atoms with van der Waals surface area (Å²) >= 11 is 1.57. The minimum absolute atomic E-state index is 0.0555. The number of hydrogen-bond donors (Lipinski definition) is 3. The van der Waals surface area contributed by atoms with E-state index in [1.807, 2.05) is 12.1 Å². The molecule has 1 aromatic carbocycles.